The van der Waals surface area contributed by atoms with Gasteiger partial charge in [0, 0.05) is 44.2 Å². The van der Waals surface area contributed by atoms with E-state index in [1.165, 1.54) is 0 Å². The molecule has 4 rings (SSSR count). The molecule has 2 amide bonds. The van der Waals surface area contributed by atoms with Crippen molar-refractivity contribution in [2.24, 2.45) is 0 Å². The third-order valence-corrected chi connectivity index (χ3v) is 6.61. The smallest absolute Gasteiger partial charge is 0.356 e. The summed E-state index contributed by atoms with van der Waals surface area (Å²) in [5.74, 6) is 0.240. The zero-order valence-electron chi connectivity index (χ0n) is 16.8. The van der Waals surface area contributed by atoms with Crippen LogP contribution in [0.3, 0.4) is 0 Å². The Hall–Kier alpha value is -2.39. The predicted octanol–water partition coefficient (Wildman–Crippen LogP) is 2.47. The van der Waals surface area contributed by atoms with E-state index in [0.29, 0.717) is 38.8 Å². The van der Waals surface area contributed by atoms with Crippen LogP contribution in [0.5, 0.6) is 0 Å². The van der Waals surface area contributed by atoms with Gasteiger partial charge in [-0.25, -0.2) is 9.97 Å². The van der Waals surface area contributed by atoms with Gasteiger partial charge in [0.15, 0.2) is 0 Å². The molecule has 0 aliphatic carbocycles. The lowest BCUT2D eigenvalue weighted by atomic mass is 9.87. The molecule has 10 heteroatoms. The van der Waals surface area contributed by atoms with Crippen molar-refractivity contribution in [1.29, 1.82) is 0 Å². The lowest BCUT2D eigenvalue weighted by molar-refractivity contribution is -0.141. The molecule has 0 bridgehead atoms. The average Bonchev–Trinajstić information content (AvgIpc) is 3.28. The molecule has 3 saturated heterocycles. The maximum absolute atomic E-state index is 13.0. The number of rotatable bonds is 3. The van der Waals surface area contributed by atoms with Gasteiger partial charge < -0.3 is 14.7 Å². The van der Waals surface area contributed by atoms with E-state index in [1.54, 1.807) is 4.90 Å². The number of hydrogen-bond acceptors (Lipinski definition) is 5. The van der Waals surface area contributed by atoms with Crippen molar-refractivity contribution in [3.8, 4) is 0 Å². The highest BCUT2D eigenvalue weighted by molar-refractivity contribution is 5.87. The van der Waals surface area contributed by atoms with Crippen LogP contribution >= 0.6 is 0 Å². The molecule has 1 atom stereocenters. The molecule has 4 heterocycles. The van der Waals surface area contributed by atoms with E-state index in [-0.39, 0.29) is 24.2 Å². The molecule has 0 saturated carbocycles. The Morgan fingerprint density at radius 1 is 1.03 bits per heavy atom. The maximum Gasteiger partial charge on any atom is 0.433 e. The second-order valence-electron chi connectivity index (χ2n) is 8.39. The third kappa shape index (κ3) is 4.09. The van der Waals surface area contributed by atoms with Gasteiger partial charge in [-0.05, 0) is 38.5 Å². The lowest BCUT2D eigenvalue weighted by Gasteiger charge is -2.38. The van der Waals surface area contributed by atoms with E-state index < -0.39 is 17.4 Å². The Morgan fingerprint density at radius 2 is 1.80 bits per heavy atom. The Kier molecular flexibility index (Phi) is 5.59. The second kappa shape index (κ2) is 8.03. The lowest BCUT2D eigenvalue weighted by Crippen LogP contribution is -2.51. The molecule has 0 N–H and O–H groups in total. The van der Waals surface area contributed by atoms with E-state index in [1.807, 2.05) is 9.80 Å². The molecular formula is C20H26F3N5O2. The molecule has 0 unspecified atom stereocenters. The van der Waals surface area contributed by atoms with E-state index in [0.717, 1.165) is 44.7 Å². The van der Waals surface area contributed by atoms with Crippen molar-refractivity contribution < 1.29 is 22.8 Å². The second-order valence-corrected chi connectivity index (χ2v) is 8.39. The largest absolute Gasteiger partial charge is 0.433 e. The van der Waals surface area contributed by atoms with Crippen LogP contribution in [0, 0.1) is 0 Å². The molecule has 0 aromatic carbocycles. The molecule has 164 valence electrons. The summed E-state index contributed by atoms with van der Waals surface area (Å²) in [5, 5.41) is 0. The van der Waals surface area contributed by atoms with Crippen molar-refractivity contribution >= 4 is 17.6 Å². The zero-order valence-corrected chi connectivity index (χ0v) is 16.8. The van der Waals surface area contributed by atoms with Crippen LogP contribution in [0.4, 0.5) is 19.0 Å². The van der Waals surface area contributed by atoms with Crippen molar-refractivity contribution in [2.45, 2.75) is 56.7 Å². The summed E-state index contributed by atoms with van der Waals surface area (Å²) in [6.07, 6.45) is 1.58. The number of carbonyl (C=O) groups is 2. The number of nitrogens with zero attached hydrogens (tertiary/aromatic N) is 5. The minimum Gasteiger partial charge on any atom is -0.356 e. The van der Waals surface area contributed by atoms with Gasteiger partial charge in [-0.15, -0.1) is 0 Å². The first-order valence-electron chi connectivity index (χ1n) is 10.5. The number of amides is 2. The van der Waals surface area contributed by atoms with Gasteiger partial charge in [0.05, 0.1) is 0 Å². The fourth-order valence-corrected chi connectivity index (χ4v) is 4.93. The monoisotopic (exact) mass is 425 g/mol. The van der Waals surface area contributed by atoms with Crippen LogP contribution in [0.2, 0.25) is 0 Å². The summed E-state index contributed by atoms with van der Waals surface area (Å²) in [6.45, 7) is 2.63. The van der Waals surface area contributed by atoms with Gasteiger partial charge in [0.25, 0.3) is 0 Å². The van der Waals surface area contributed by atoms with Gasteiger partial charge in [-0.2, -0.15) is 13.2 Å². The molecule has 1 aromatic heterocycles. The third-order valence-electron chi connectivity index (χ3n) is 6.61. The Bertz CT molecular complexity index is 812. The first-order chi connectivity index (χ1) is 14.3. The molecule has 7 nitrogen and oxygen atoms in total. The Morgan fingerprint density at radius 3 is 2.53 bits per heavy atom. The number of aromatic nitrogens is 2. The minimum atomic E-state index is -4.52. The van der Waals surface area contributed by atoms with E-state index in [2.05, 4.69) is 9.97 Å². The summed E-state index contributed by atoms with van der Waals surface area (Å²) < 4.78 is 39.0. The molecular weight excluding hydrogens is 399 g/mol. The van der Waals surface area contributed by atoms with Crippen LogP contribution in [0.15, 0.2) is 12.4 Å². The normalized spacial score (nSPS) is 25.3. The Balaban J connectivity index is 1.48. The standard InChI is InChI=1S/C20H26F3N5O2/c21-20(22,23)15-12-16(25-14-24-15)26-10-3-5-19(7-11-26)6-4-17(29)28(19)13-18(30)27-8-1-2-9-27/h12,14H,1-11,13H2/t19-/m1/s1. The van der Waals surface area contributed by atoms with Gasteiger partial charge in [-0.1, -0.05) is 0 Å². The summed E-state index contributed by atoms with van der Waals surface area (Å²) in [5.41, 5.74) is -1.36. The molecule has 0 radical (unpaired) electrons. The molecule has 1 aromatic rings. The van der Waals surface area contributed by atoms with E-state index in [4.69, 9.17) is 0 Å². The SMILES string of the molecule is O=C(CN1C(=O)CC[C@@]12CCCN(c1cc(C(F)(F)F)ncn1)CC2)N1CCCC1. The van der Waals surface area contributed by atoms with E-state index in [9.17, 15) is 22.8 Å². The minimum absolute atomic E-state index is 0.00242. The highest BCUT2D eigenvalue weighted by Crippen LogP contribution is 2.40. The summed E-state index contributed by atoms with van der Waals surface area (Å²) in [4.78, 5) is 38.1. The quantitative estimate of drug-likeness (QED) is 0.744. The maximum atomic E-state index is 13.0. The zero-order chi connectivity index (χ0) is 21.4. The fourth-order valence-electron chi connectivity index (χ4n) is 4.93. The molecule has 3 aliphatic rings. The summed E-state index contributed by atoms with van der Waals surface area (Å²) in [6, 6.07) is 0.979. The highest BCUT2D eigenvalue weighted by atomic mass is 19.4. The van der Waals surface area contributed by atoms with Gasteiger partial charge in [0.1, 0.15) is 24.4 Å². The predicted molar refractivity (Wildman–Crippen MR) is 103 cm³/mol. The van der Waals surface area contributed by atoms with Gasteiger partial charge in [-0.3, -0.25) is 9.59 Å². The number of likely N-dealkylation sites (tertiary alicyclic amines) is 2. The molecule has 3 aliphatic heterocycles. The summed E-state index contributed by atoms with van der Waals surface area (Å²) >= 11 is 0. The van der Waals surface area contributed by atoms with Crippen molar-refractivity contribution in [3.63, 3.8) is 0 Å². The molecule has 1 spiro atoms. The first-order valence-corrected chi connectivity index (χ1v) is 10.5. The van der Waals surface area contributed by atoms with Gasteiger partial charge in [0.2, 0.25) is 11.8 Å². The van der Waals surface area contributed by atoms with Crippen LogP contribution in [0.25, 0.3) is 0 Å². The summed E-state index contributed by atoms with van der Waals surface area (Å²) in [7, 11) is 0. The topological polar surface area (TPSA) is 69.6 Å². The first kappa shape index (κ1) is 20.9. The van der Waals surface area contributed by atoms with Crippen LogP contribution in [-0.2, 0) is 15.8 Å². The van der Waals surface area contributed by atoms with Crippen molar-refractivity contribution in [1.82, 2.24) is 19.8 Å². The number of carbonyl (C=O) groups excluding carboxylic acids is 2. The van der Waals surface area contributed by atoms with Crippen LogP contribution < -0.4 is 4.90 Å². The van der Waals surface area contributed by atoms with Gasteiger partial charge >= 0.3 is 6.18 Å². The fraction of sp³-hybridized carbons (Fsp3) is 0.700. The highest BCUT2D eigenvalue weighted by Gasteiger charge is 2.47. The van der Waals surface area contributed by atoms with Crippen LogP contribution in [0.1, 0.15) is 50.6 Å². The Labute approximate surface area is 173 Å². The average molecular weight is 425 g/mol. The van der Waals surface area contributed by atoms with Crippen molar-refractivity contribution in [2.75, 3.05) is 37.6 Å². The number of alkyl halides is 3. The molecule has 3 fully saturated rings. The number of anilines is 1. The van der Waals surface area contributed by atoms with E-state index >= 15 is 0 Å². The number of hydrogen-bond donors (Lipinski definition) is 0. The number of halogens is 3. The van der Waals surface area contributed by atoms with Crippen LogP contribution in [-0.4, -0.2) is 69.8 Å². The molecule has 30 heavy (non-hydrogen) atoms. The van der Waals surface area contributed by atoms with Crippen molar-refractivity contribution in [3.05, 3.63) is 18.1 Å².